The number of carboxylic acid groups (broad SMARTS) is 1. The van der Waals surface area contributed by atoms with Crippen molar-refractivity contribution in [3.8, 4) is 0 Å². The van der Waals surface area contributed by atoms with Crippen LogP contribution in [0.2, 0.25) is 0 Å². The van der Waals surface area contributed by atoms with Gasteiger partial charge in [0.25, 0.3) is 0 Å². The zero-order valence-corrected chi connectivity index (χ0v) is 10.6. The molecule has 6 nitrogen and oxygen atoms in total. The van der Waals surface area contributed by atoms with Crippen LogP contribution >= 0.6 is 0 Å². The Morgan fingerprint density at radius 2 is 1.61 bits per heavy atom. The number of piperidine rings is 1. The summed E-state index contributed by atoms with van der Waals surface area (Å²) in [6, 6.07) is 0. The topological polar surface area (TPSA) is 101 Å². The summed E-state index contributed by atoms with van der Waals surface area (Å²) < 4.78 is 0. The molecule has 0 spiro atoms. The molecule has 1 rings (SSSR count). The molecule has 0 aromatic rings. The summed E-state index contributed by atoms with van der Waals surface area (Å²) in [5.74, 6) is -1.89. The van der Waals surface area contributed by atoms with Crippen molar-refractivity contribution in [1.82, 2.24) is 4.90 Å². The fourth-order valence-electron chi connectivity index (χ4n) is 1.93. The third kappa shape index (κ3) is 3.09. The first kappa shape index (κ1) is 14.2. The van der Waals surface area contributed by atoms with Crippen LogP contribution in [-0.2, 0) is 14.4 Å². The molecular formula is C12H18N2O4. The molecule has 0 saturated carbocycles. The van der Waals surface area contributed by atoms with Crippen LogP contribution in [-0.4, -0.2) is 40.9 Å². The van der Waals surface area contributed by atoms with Crippen LogP contribution in [0.3, 0.4) is 0 Å². The maximum atomic E-state index is 12.0. The summed E-state index contributed by atoms with van der Waals surface area (Å²) in [5.41, 5.74) is 5.50. The number of aliphatic carboxylic acids is 1. The fourth-order valence-corrected chi connectivity index (χ4v) is 1.93. The van der Waals surface area contributed by atoms with E-state index in [0.29, 0.717) is 25.9 Å². The minimum absolute atomic E-state index is 0.0528. The van der Waals surface area contributed by atoms with Crippen molar-refractivity contribution < 1.29 is 19.5 Å². The molecule has 0 aromatic heterocycles. The Balaban J connectivity index is 2.69. The molecule has 1 saturated heterocycles. The van der Waals surface area contributed by atoms with Crippen molar-refractivity contribution in [2.75, 3.05) is 13.1 Å². The standard InChI is InChI=1S/C12H18N2O4/c1-7(8(2)12(17)18)11(16)14-5-3-9(4-6-14)10(13)15/h9H,3-6H2,1-2H3,(H2,13,15)(H,17,18)/b8-7-. The lowest BCUT2D eigenvalue weighted by molar-refractivity contribution is -0.134. The van der Waals surface area contributed by atoms with Crippen molar-refractivity contribution in [3.05, 3.63) is 11.1 Å². The first-order chi connectivity index (χ1) is 8.34. The number of amides is 2. The molecule has 1 aliphatic heterocycles. The highest BCUT2D eigenvalue weighted by molar-refractivity contribution is 6.01. The average Bonchev–Trinajstić information content (AvgIpc) is 2.36. The van der Waals surface area contributed by atoms with Gasteiger partial charge >= 0.3 is 5.97 Å². The zero-order chi connectivity index (χ0) is 13.9. The Morgan fingerprint density at radius 3 is 2.00 bits per heavy atom. The van der Waals surface area contributed by atoms with Crippen LogP contribution in [0.15, 0.2) is 11.1 Å². The SMILES string of the molecule is C/C(C(=O)O)=C(\C)C(=O)N1CCC(C(N)=O)CC1. The van der Waals surface area contributed by atoms with Crippen molar-refractivity contribution in [2.45, 2.75) is 26.7 Å². The van der Waals surface area contributed by atoms with E-state index in [-0.39, 0.29) is 28.9 Å². The highest BCUT2D eigenvalue weighted by atomic mass is 16.4. The van der Waals surface area contributed by atoms with Crippen LogP contribution in [0.1, 0.15) is 26.7 Å². The van der Waals surface area contributed by atoms with Crippen LogP contribution < -0.4 is 5.73 Å². The fraction of sp³-hybridized carbons (Fsp3) is 0.583. The van der Waals surface area contributed by atoms with E-state index in [9.17, 15) is 14.4 Å². The maximum Gasteiger partial charge on any atom is 0.331 e. The summed E-state index contributed by atoms with van der Waals surface area (Å²) >= 11 is 0. The Hall–Kier alpha value is -1.85. The third-order valence-corrected chi connectivity index (χ3v) is 3.39. The maximum absolute atomic E-state index is 12.0. The first-order valence-electron chi connectivity index (χ1n) is 5.84. The molecule has 100 valence electrons. The number of likely N-dealkylation sites (tertiary alicyclic amines) is 1. The number of hydrogen-bond acceptors (Lipinski definition) is 3. The van der Waals surface area contributed by atoms with Gasteiger partial charge in [0, 0.05) is 30.2 Å². The average molecular weight is 254 g/mol. The second-order valence-electron chi connectivity index (χ2n) is 4.52. The molecule has 0 radical (unpaired) electrons. The predicted molar refractivity (Wildman–Crippen MR) is 64.5 cm³/mol. The highest BCUT2D eigenvalue weighted by Crippen LogP contribution is 2.19. The van der Waals surface area contributed by atoms with Crippen molar-refractivity contribution in [3.63, 3.8) is 0 Å². The van der Waals surface area contributed by atoms with Gasteiger partial charge in [0.15, 0.2) is 0 Å². The zero-order valence-electron chi connectivity index (χ0n) is 10.6. The molecule has 0 unspecified atom stereocenters. The minimum atomic E-state index is -1.09. The van der Waals surface area contributed by atoms with Gasteiger partial charge in [0.05, 0.1) is 0 Å². The molecule has 0 aromatic carbocycles. The molecule has 0 aliphatic carbocycles. The monoisotopic (exact) mass is 254 g/mol. The highest BCUT2D eigenvalue weighted by Gasteiger charge is 2.27. The largest absolute Gasteiger partial charge is 0.478 e. The Morgan fingerprint density at radius 1 is 1.11 bits per heavy atom. The van der Waals surface area contributed by atoms with Crippen molar-refractivity contribution in [1.29, 1.82) is 0 Å². The van der Waals surface area contributed by atoms with Crippen molar-refractivity contribution in [2.24, 2.45) is 11.7 Å². The molecule has 0 bridgehead atoms. The van der Waals surface area contributed by atoms with Crippen LogP contribution in [0, 0.1) is 5.92 Å². The summed E-state index contributed by atoms with van der Waals surface area (Å²) in [4.78, 5) is 35.4. The summed E-state index contributed by atoms with van der Waals surface area (Å²) in [7, 11) is 0. The number of nitrogens with zero attached hydrogens (tertiary/aromatic N) is 1. The number of carboxylic acids is 1. The quantitative estimate of drug-likeness (QED) is 0.699. The van der Waals surface area contributed by atoms with E-state index in [1.54, 1.807) is 4.90 Å². The Bertz CT molecular complexity index is 406. The molecule has 1 fully saturated rings. The molecule has 6 heteroatoms. The number of nitrogens with two attached hydrogens (primary N) is 1. The van der Waals surface area contributed by atoms with Gasteiger partial charge in [-0.25, -0.2) is 4.79 Å². The van der Waals surface area contributed by atoms with Gasteiger partial charge in [-0.2, -0.15) is 0 Å². The van der Waals surface area contributed by atoms with Gasteiger partial charge in [-0.1, -0.05) is 0 Å². The molecular weight excluding hydrogens is 236 g/mol. The van der Waals surface area contributed by atoms with Crippen LogP contribution in [0.4, 0.5) is 0 Å². The van der Waals surface area contributed by atoms with Gasteiger partial charge in [-0.15, -0.1) is 0 Å². The normalized spacial score (nSPS) is 18.2. The van der Waals surface area contributed by atoms with E-state index in [4.69, 9.17) is 10.8 Å². The second-order valence-corrected chi connectivity index (χ2v) is 4.52. The lowest BCUT2D eigenvalue weighted by atomic mass is 9.95. The molecule has 1 aliphatic rings. The number of carbonyl (C=O) groups excluding carboxylic acids is 2. The van der Waals surface area contributed by atoms with Crippen LogP contribution in [0.25, 0.3) is 0 Å². The van der Waals surface area contributed by atoms with Gasteiger partial charge in [-0.05, 0) is 26.7 Å². The first-order valence-corrected chi connectivity index (χ1v) is 5.84. The summed E-state index contributed by atoms with van der Waals surface area (Å²) in [6.07, 6.45) is 1.08. The van der Waals surface area contributed by atoms with E-state index in [1.807, 2.05) is 0 Å². The summed E-state index contributed by atoms with van der Waals surface area (Å²) in [5, 5.41) is 8.82. The number of hydrogen-bond donors (Lipinski definition) is 2. The Kier molecular flexibility index (Phi) is 4.47. The number of rotatable bonds is 3. The molecule has 0 atom stereocenters. The van der Waals surface area contributed by atoms with Crippen molar-refractivity contribution >= 4 is 17.8 Å². The van der Waals surface area contributed by atoms with E-state index in [2.05, 4.69) is 0 Å². The third-order valence-electron chi connectivity index (χ3n) is 3.39. The number of carbonyl (C=O) groups is 3. The van der Waals surface area contributed by atoms with Gasteiger partial charge < -0.3 is 15.7 Å². The summed E-state index contributed by atoms with van der Waals surface area (Å²) in [6.45, 7) is 3.80. The molecule has 3 N–H and O–H groups in total. The Labute approximate surface area is 105 Å². The van der Waals surface area contributed by atoms with Gasteiger partial charge in [0.1, 0.15) is 0 Å². The smallest absolute Gasteiger partial charge is 0.331 e. The van der Waals surface area contributed by atoms with Gasteiger partial charge in [-0.3, -0.25) is 9.59 Å². The van der Waals surface area contributed by atoms with E-state index in [1.165, 1.54) is 13.8 Å². The number of primary amides is 1. The van der Waals surface area contributed by atoms with E-state index in [0.717, 1.165) is 0 Å². The molecule has 1 heterocycles. The molecule has 2 amide bonds. The van der Waals surface area contributed by atoms with E-state index >= 15 is 0 Å². The van der Waals surface area contributed by atoms with Crippen LogP contribution in [0.5, 0.6) is 0 Å². The molecule has 18 heavy (non-hydrogen) atoms. The second kappa shape index (κ2) is 5.66. The lowest BCUT2D eigenvalue weighted by Crippen LogP contribution is -2.42. The minimum Gasteiger partial charge on any atom is -0.478 e. The van der Waals surface area contributed by atoms with Gasteiger partial charge in [0.2, 0.25) is 11.8 Å². The lowest BCUT2D eigenvalue weighted by Gasteiger charge is -2.31. The van der Waals surface area contributed by atoms with E-state index < -0.39 is 5.97 Å². The predicted octanol–water partition coefficient (Wildman–Crippen LogP) is 0.131.